The van der Waals surface area contributed by atoms with E-state index in [1.165, 1.54) is 0 Å². The number of Topliss-reactive ketones (excluding diaryl/α,β-unsaturated/α-hetero) is 1. The molecule has 1 aromatic heterocycles. The Morgan fingerprint density at radius 2 is 2.00 bits per heavy atom. The first-order chi connectivity index (χ1) is 10.9. The maximum absolute atomic E-state index is 12.9. The van der Waals surface area contributed by atoms with Gasteiger partial charge in [-0.3, -0.25) is 14.4 Å². The Balaban J connectivity index is 1.92. The number of likely N-dealkylation sites (tertiary alicyclic amines) is 1. The van der Waals surface area contributed by atoms with Gasteiger partial charge in [-0.25, -0.2) is 0 Å². The predicted octanol–water partition coefficient (Wildman–Crippen LogP) is 2.17. The molecule has 6 nitrogen and oxygen atoms in total. The van der Waals surface area contributed by atoms with E-state index in [9.17, 15) is 19.5 Å². The third kappa shape index (κ3) is 2.56. The number of ketones is 1. The second kappa shape index (κ2) is 5.83. The fourth-order valence-electron chi connectivity index (χ4n) is 3.89. The maximum atomic E-state index is 12.9. The molecular weight excluding hydrogens is 296 g/mol. The third-order valence-electron chi connectivity index (χ3n) is 5.22. The molecule has 1 aliphatic heterocycles. The SMILES string of the molecule is Cc1c(C(=O)N2CCC[C@@H](C(=O)O)[C@H]2C)[nH]c2c1C(=O)CCC2. The minimum atomic E-state index is -0.854. The number of carbonyl (C=O) groups is 3. The highest BCUT2D eigenvalue weighted by Crippen LogP contribution is 2.30. The molecule has 124 valence electrons. The lowest BCUT2D eigenvalue weighted by atomic mass is 9.89. The van der Waals surface area contributed by atoms with Crippen LogP contribution < -0.4 is 0 Å². The number of nitrogens with one attached hydrogen (secondary N) is 1. The molecule has 2 atom stereocenters. The molecule has 2 N–H and O–H groups in total. The van der Waals surface area contributed by atoms with E-state index < -0.39 is 11.9 Å². The van der Waals surface area contributed by atoms with Crippen LogP contribution in [0, 0.1) is 12.8 Å². The van der Waals surface area contributed by atoms with Crippen molar-refractivity contribution < 1.29 is 19.5 Å². The summed E-state index contributed by atoms with van der Waals surface area (Å²) in [6.45, 7) is 4.15. The molecule has 3 rings (SSSR count). The highest BCUT2D eigenvalue weighted by atomic mass is 16.4. The van der Waals surface area contributed by atoms with Gasteiger partial charge in [0.1, 0.15) is 5.69 Å². The number of carboxylic acid groups (broad SMARTS) is 1. The zero-order chi connectivity index (χ0) is 16.7. The molecule has 0 bridgehead atoms. The number of piperidine rings is 1. The highest BCUT2D eigenvalue weighted by Gasteiger charge is 2.37. The van der Waals surface area contributed by atoms with Crippen molar-refractivity contribution in [1.82, 2.24) is 9.88 Å². The van der Waals surface area contributed by atoms with Gasteiger partial charge in [-0.1, -0.05) is 0 Å². The summed E-state index contributed by atoms with van der Waals surface area (Å²) in [7, 11) is 0. The normalized spacial score (nSPS) is 24.4. The van der Waals surface area contributed by atoms with Crippen molar-refractivity contribution in [3.8, 4) is 0 Å². The summed E-state index contributed by atoms with van der Waals surface area (Å²) in [4.78, 5) is 41.1. The highest BCUT2D eigenvalue weighted by molar-refractivity contribution is 6.04. The molecule has 1 fully saturated rings. The molecule has 1 aliphatic carbocycles. The number of aromatic amines is 1. The standard InChI is InChI=1S/C17H22N2O4/c1-9-14-12(6-3-7-13(14)20)18-15(9)16(21)19-8-4-5-11(10(19)2)17(22)23/h10-11,18H,3-8H2,1-2H3,(H,22,23)/t10-,11-/m1/s1. The van der Waals surface area contributed by atoms with Crippen molar-refractivity contribution in [2.75, 3.05) is 6.54 Å². The third-order valence-corrected chi connectivity index (χ3v) is 5.22. The second-order valence-corrected chi connectivity index (χ2v) is 6.58. The maximum Gasteiger partial charge on any atom is 0.308 e. The van der Waals surface area contributed by atoms with E-state index in [1.54, 1.807) is 18.7 Å². The lowest BCUT2D eigenvalue weighted by Gasteiger charge is -2.37. The van der Waals surface area contributed by atoms with E-state index in [-0.39, 0.29) is 17.7 Å². The molecular formula is C17H22N2O4. The van der Waals surface area contributed by atoms with Gasteiger partial charge >= 0.3 is 5.97 Å². The summed E-state index contributed by atoms with van der Waals surface area (Å²) in [5.74, 6) is -1.48. The number of aliphatic carboxylic acids is 1. The van der Waals surface area contributed by atoms with Crippen molar-refractivity contribution in [2.24, 2.45) is 5.92 Å². The zero-order valence-corrected chi connectivity index (χ0v) is 13.5. The fourth-order valence-corrected chi connectivity index (χ4v) is 3.89. The van der Waals surface area contributed by atoms with E-state index in [0.29, 0.717) is 42.6 Å². The summed E-state index contributed by atoms with van der Waals surface area (Å²) in [5.41, 5.74) is 2.67. The first-order valence-electron chi connectivity index (χ1n) is 8.20. The summed E-state index contributed by atoms with van der Waals surface area (Å²) in [6, 6.07) is -0.343. The van der Waals surface area contributed by atoms with Gasteiger partial charge < -0.3 is 15.0 Å². The molecule has 6 heteroatoms. The molecule has 1 aromatic rings. The van der Waals surface area contributed by atoms with Gasteiger partial charge in [0.25, 0.3) is 5.91 Å². The number of hydrogen-bond acceptors (Lipinski definition) is 3. The quantitative estimate of drug-likeness (QED) is 0.874. The number of nitrogens with zero attached hydrogens (tertiary/aromatic N) is 1. The Hall–Kier alpha value is -2.11. The summed E-state index contributed by atoms with van der Waals surface area (Å²) >= 11 is 0. The van der Waals surface area contributed by atoms with E-state index in [1.807, 2.05) is 0 Å². The van der Waals surface area contributed by atoms with Crippen LogP contribution in [0.25, 0.3) is 0 Å². The van der Waals surface area contributed by atoms with E-state index in [4.69, 9.17) is 0 Å². The second-order valence-electron chi connectivity index (χ2n) is 6.58. The Bertz CT molecular complexity index is 676. The smallest absolute Gasteiger partial charge is 0.308 e. The van der Waals surface area contributed by atoms with Crippen LogP contribution in [0.1, 0.15) is 64.7 Å². The fraction of sp³-hybridized carbons (Fsp3) is 0.588. The average Bonchev–Trinajstić information content (AvgIpc) is 2.85. The molecule has 2 heterocycles. The number of fused-ring (bicyclic) bond motifs is 1. The van der Waals surface area contributed by atoms with Crippen LogP contribution in [0.3, 0.4) is 0 Å². The number of aromatic nitrogens is 1. The monoisotopic (exact) mass is 318 g/mol. The van der Waals surface area contributed by atoms with Gasteiger partial charge in [0.15, 0.2) is 5.78 Å². The molecule has 0 aromatic carbocycles. The van der Waals surface area contributed by atoms with Gasteiger partial charge in [0, 0.05) is 30.3 Å². The minimum Gasteiger partial charge on any atom is -0.481 e. The van der Waals surface area contributed by atoms with Crippen LogP contribution in [0.5, 0.6) is 0 Å². The van der Waals surface area contributed by atoms with E-state index >= 15 is 0 Å². The first-order valence-corrected chi connectivity index (χ1v) is 8.20. The van der Waals surface area contributed by atoms with E-state index in [0.717, 1.165) is 18.5 Å². The van der Waals surface area contributed by atoms with Crippen LogP contribution in [0.15, 0.2) is 0 Å². The first kappa shape index (κ1) is 15.8. The minimum absolute atomic E-state index is 0.0918. The van der Waals surface area contributed by atoms with Gasteiger partial charge in [-0.15, -0.1) is 0 Å². The van der Waals surface area contributed by atoms with Crippen LogP contribution in [0.4, 0.5) is 0 Å². The Kier molecular flexibility index (Phi) is 4.00. The summed E-state index contributed by atoms with van der Waals surface area (Å²) in [6.07, 6.45) is 3.40. The van der Waals surface area contributed by atoms with Crippen molar-refractivity contribution in [3.05, 3.63) is 22.5 Å². The molecule has 0 saturated carbocycles. The van der Waals surface area contributed by atoms with Gasteiger partial charge in [0.05, 0.1) is 5.92 Å². The largest absolute Gasteiger partial charge is 0.481 e. The van der Waals surface area contributed by atoms with Gasteiger partial charge in [-0.2, -0.15) is 0 Å². The lowest BCUT2D eigenvalue weighted by Crippen LogP contribution is -2.49. The van der Waals surface area contributed by atoms with Crippen LogP contribution in [0.2, 0.25) is 0 Å². The van der Waals surface area contributed by atoms with Crippen LogP contribution >= 0.6 is 0 Å². The predicted molar refractivity (Wildman–Crippen MR) is 83.7 cm³/mol. The van der Waals surface area contributed by atoms with Crippen molar-refractivity contribution >= 4 is 17.7 Å². The van der Waals surface area contributed by atoms with Crippen molar-refractivity contribution in [1.29, 1.82) is 0 Å². The number of carbonyl (C=O) groups excluding carboxylic acids is 2. The van der Waals surface area contributed by atoms with Crippen LogP contribution in [-0.2, 0) is 11.2 Å². The summed E-state index contributed by atoms with van der Waals surface area (Å²) in [5, 5.41) is 9.31. The van der Waals surface area contributed by atoms with E-state index in [2.05, 4.69) is 4.98 Å². The Morgan fingerprint density at radius 3 is 2.65 bits per heavy atom. The number of rotatable bonds is 2. The number of hydrogen-bond donors (Lipinski definition) is 2. The van der Waals surface area contributed by atoms with Crippen LogP contribution in [-0.4, -0.2) is 45.2 Å². The molecule has 2 aliphatic rings. The molecule has 23 heavy (non-hydrogen) atoms. The average molecular weight is 318 g/mol. The van der Waals surface area contributed by atoms with Crippen molar-refractivity contribution in [3.63, 3.8) is 0 Å². The van der Waals surface area contributed by atoms with Gasteiger partial charge in [-0.05, 0) is 45.1 Å². The zero-order valence-electron chi connectivity index (χ0n) is 13.5. The number of amides is 1. The topological polar surface area (TPSA) is 90.5 Å². The lowest BCUT2D eigenvalue weighted by molar-refractivity contribution is -0.144. The summed E-state index contributed by atoms with van der Waals surface area (Å²) < 4.78 is 0. The molecule has 0 radical (unpaired) electrons. The molecule has 1 saturated heterocycles. The van der Waals surface area contributed by atoms with Crippen molar-refractivity contribution in [2.45, 2.75) is 52.0 Å². The number of aryl methyl sites for hydroxylation is 1. The Labute approximate surface area is 134 Å². The molecule has 0 spiro atoms. The van der Waals surface area contributed by atoms with Gasteiger partial charge in [0.2, 0.25) is 0 Å². The number of H-pyrrole nitrogens is 1. The molecule has 0 unspecified atom stereocenters. The molecule has 1 amide bonds. The number of carboxylic acids is 1. The Morgan fingerprint density at radius 1 is 1.26 bits per heavy atom.